The summed E-state index contributed by atoms with van der Waals surface area (Å²) in [4.78, 5) is 11.0. The summed E-state index contributed by atoms with van der Waals surface area (Å²) in [6.45, 7) is 0.245. The van der Waals surface area contributed by atoms with Crippen molar-refractivity contribution < 1.29 is 9.21 Å². The van der Waals surface area contributed by atoms with Gasteiger partial charge in [-0.1, -0.05) is 18.2 Å². The fourth-order valence-corrected chi connectivity index (χ4v) is 1.50. The molecule has 0 atom stereocenters. The zero-order valence-corrected chi connectivity index (χ0v) is 7.49. The predicted molar refractivity (Wildman–Crippen MR) is 52.6 cm³/mol. The lowest BCUT2D eigenvalue weighted by atomic mass is 10.1. The van der Waals surface area contributed by atoms with Gasteiger partial charge in [0.2, 0.25) is 0 Å². The van der Waals surface area contributed by atoms with E-state index in [9.17, 15) is 4.79 Å². The number of nitrogens with two attached hydrogens (primary N) is 2. The normalized spacial score (nSPS) is 10.6. The zero-order chi connectivity index (χ0) is 10.1. The number of carbonyl (C=O) groups is 1. The van der Waals surface area contributed by atoms with Crippen molar-refractivity contribution in [3.8, 4) is 0 Å². The smallest absolute Gasteiger partial charge is 0.284 e. The molecule has 4 nitrogen and oxygen atoms in total. The van der Waals surface area contributed by atoms with Crippen molar-refractivity contribution in [2.45, 2.75) is 6.54 Å². The second-order valence-corrected chi connectivity index (χ2v) is 2.97. The van der Waals surface area contributed by atoms with E-state index in [2.05, 4.69) is 0 Å². The SMILES string of the molecule is NCc1c(C(N)=O)oc2ccccc12. The highest BCUT2D eigenvalue weighted by Crippen LogP contribution is 2.24. The van der Waals surface area contributed by atoms with Gasteiger partial charge < -0.3 is 15.9 Å². The van der Waals surface area contributed by atoms with Crippen LogP contribution in [0.15, 0.2) is 28.7 Å². The number of furan rings is 1. The van der Waals surface area contributed by atoms with Crippen LogP contribution in [0.2, 0.25) is 0 Å². The van der Waals surface area contributed by atoms with Crippen molar-refractivity contribution in [3.63, 3.8) is 0 Å². The Bertz CT molecular complexity index is 488. The Kier molecular flexibility index (Phi) is 1.98. The highest BCUT2D eigenvalue weighted by Gasteiger charge is 2.16. The molecule has 4 heteroatoms. The molecule has 2 aromatic rings. The van der Waals surface area contributed by atoms with E-state index < -0.39 is 5.91 Å². The van der Waals surface area contributed by atoms with Crippen LogP contribution in [0, 0.1) is 0 Å². The fraction of sp³-hybridized carbons (Fsp3) is 0.100. The molecular weight excluding hydrogens is 180 g/mol. The Balaban J connectivity index is 2.78. The van der Waals surface area contributed by atoms with Gasteiger partial charge in [0.1, 0.15) is 5.58 Å². The lowest BCUT2D eigenvalue weighted by Crippen LogP contribution is -2.13. The van der Waals surface area contributed by atoms with E-state index in [1.54, 1.807) is 6.07 Å². The fourth-order valence-electron chi connectivity index (χ4n) is 1.50. The number of hydrogen-bond donors (Lipinski definition) is 2. The first-order valence-corrected chi connectivity index (χ1v) is 4.24. The number of amides is 1. The summed E-state index contributed by atoms with van der Waals surface area (Å²) >= 11 is 0. The van der Waals surface area contributed by atoms with Crippen molar-refractivity contribution >= 4 is 16.9 Å². The number of rotatable bonds is 2. The lowest BCUT2D eigenvalue weighted by Gasteiger charge is -1.93. The minimum atomic E-state index is -0.582. The highest BCUT2D eigenvalue weighted by atomic mass is 16.3. The number of benzene rings is 1. The second-order valence-electron chi connectivity index (χ2n) is 2.97. The van der Waals surface area contributed by atoms with Crippen LogP contribution in [0.4, 0.5) is 0 Å². The van der Waals surface area contributed by atoms with Crippen molar-refractivity contribution in [1.82, 2.24) is 0 Å². The van der Waals surface area contributed by atoms with E-state index in [0.29, 0.717) is 11.1 Å². The van der Waals surface area contributed by atoms with Crippen molar-refractivity contribution in [2.24, 2.45) is 11.5 Å². The van der Waals surface area contributed by atoms with Gasteiger partial charge in [-0.2, -0.15) is 0 Å². The molecule has 0 aliphatic rings. The van der Waals surface area contributed by atoms with Gasteiger partial charge in [-0.25, -0.2) is 0 Å². The molecule has 2 rings (SSSR count). The van der Waals surface area contributed by atoms with Gasteiger partial charge in [-0.05, 0) is 6.07 Å². The van der Waals surface area contributed by atoms with Crippen molar-refractivity contribution in [1.29, 1.82) is 0 Å². The molecule has 1 heterocycles. The third kappa shape index (κ3) is 1.16. The molecule has 1 aromatic heterocycles. The Labute approximate surface area is 80.5 Å². The van der Waals surface area contributed by atoms with E-state index in [0.717, 1.165) is 5.39 Å². The molecule has 0 aliphatic carbocycles. The summed E-state index contributed by atoms with van der Waals surface area (Å²) in [6, 6.07) is 7.33. The van der Waals surface area contributed by atoms with Gasteiger partial charge in [0.15, 0.2) is 5.76 Å². The maximum Gasteiger partial charge on any atom is 0.284 e. The Morgan fingerprint density at radius 1 is 1.36 bits per heavy atom. The van der Waals surface area contributed by atoms with Crippen LogP contribution >= 0.6 is 0 Å². The minimum absolute atomic E-state index is 0.161. The quantitative estimate of drug-likeness (QED) is 0.740. The number of hydrogen-bond acceptors (Lipinski definition) is 3. The van der Waals surface area contributed by atoms with Gasteiger partial charge in [-0.3, -0.25) is 4.79 Å². The predicted octanol–water partition coefficient (Wildman–Crippen LogP) is 0.990. The monoisotopic (exact) mass is 190 g/mol. The average molecular weight is 190 g/mol. The van der Waals surface area contributed by atoms with Crippen LogP contribution < -0.4 is 11.5 Å². The summed E-state index contributed by atoms with van der Waals surface area (Å²) in [6.07, 6.45) is 0. The minimum Gasteiger partial charge on any atom is -0.451 e. The van der Waals surface area contributed by atoms with Crippen LogP contribution in [0.5, 0.6) is 0 Å². The average Bonchev–Trinajstić information content (AvgIpc) is 2.56. The zero-order valence-electron chi connectivity index (χ0n) is 7.49. The van der Waals surface area contributed by atoms with Crippen LogP contribution in [0.25, 0.3) is 11.0 Å². The van der Waals surface area contributed by atoms with Crippen LogP contribution in [-0.2, 0) is 6.54 Å². The van der Waals surface area contributed by atoms with E-state index >= 15 is 0 Å². The molecule has 4 N–H and O–H groups in total. The molecule has 1 aromatic carbocycles. The van der Waals surface area contributed by atoms with Crippen molar-refractivity contribution in [2.75, 3.05) is 0 Å². The largest absolute Gasteiger partial charge is 0.451 e. The van der Waals surface area contributed by atoms with E-state index in [1.807, 2.05) is 18.2 Å². The molecule has 72 valence electrons. The van der Waals surface area contributed by atoms with Gasteiger partial charge in [0.25, 0.3) is 5.91 Å². The topological polar surface area (TPSA) is 82.2 Å². The molecule has 0 bridgehead atoms. The Morgan fingerprint density at radius 3 is 2.71 bits per heavy atom. The van der Waals surface area contributed by atoms with Gasteiger partial charge >= 0.3 is 0 Å². The third-order valence-electron chi connectivity index (χ3n) is 2.13. The molecule has 14 heavy (non-hydrogen) atoms. The molecule has 0 aliphatic heterocycles. The second kappa shape index (κ2) is 3.16. The Hall–Kier alpha value is -1.81. The van der Waals surface area contributed by atoms with Crippen LogP contribution in [-0.4, -0.2) is 5.91 Å². The van der Waals surface area contributed by atoms with Crippen molar-refractivity contribution in [3.05, 3.63) is 35.6 Å². The van der Waals surface area contributed by atoms with Crippen LogP contribution in [0.1, 0.15) is 16.1 Å². The number of para-hydroxylation sites is 1. The first-order valence-electron chi connectivity index (χ1n) is 4.24. The summed E-state index contributed by atoms with van der Waals surface area (Å²) < 4.78 is 5.30. The maximum absolute atomic E-state index is 11.0. The van der Waals surface area contributed by atoms with Gasteiger partial charge in [0.05, 0.1) is 0 Å². The first-order chi connectivity index (χ1) is 6.74. The van der Waals surface area contributed by atoms with E-state index in [-0.39, 0.29) is 12.3 Å². The molecule has 0 saturated carbocycles. The van der Waals surface area contributed by atoms with E-state index in [4.69, 9.17) is 15.9 Å². The first kappa shape index (κ1) is 8.77. The molecule has 0 saturated heterocycles. The molecule has 0 radical (unpaired) electrons. The highest BCUT2D eigenvalue weighted by molar-refractivity contribution is 5.98. The summed E-state index contributed by atoms with van der Waals surface area (Å²) in [5.41, 5.74) is 12.0. The molecule has 0 spiro atoms. The summed E-state index contributed by atoms with van der Waals surface area (Å²) in [7, 11) is 0. The lowest BCUT2D eigenvalue weighted by molar-refractivity contribution is 0.0974. The molecule has 0 unspecified atom stereocenters. The number of primary amides is 1. The standard InChI is InChI=1S/C10H10N2O2/c11-5-7-6-3-1-2-4-8(6)14-9(7)10(12)13/h1-4H,5,11H2,(H2,12,13). The summed E-state index contributed by atoms with van der Waals surface area (Å²) in [5.74, 6) is -0.421. The molecule has 0 fully saturated rings. The molecule has 1 amide bonds. The number of carbonyl (C=O) groups excluding carboxylic acids is 1. The van der Waals surface area contributed by atoms with Crippen LogP contribution in [0.3, 0.4) is 0 Å². The maximum atomic E-state index is 11.0. The van der Waals surface area contributed by atoms with Gasteiger partial charge in [-0.15, -0.1) is 0 Å². The third-order valence-corrected chi connectivity index (χ3v) is 2.13. The molecular formula is C10H10N2O2. The van der Waals surface area contributed by atoms with Gasteiger partial charge in [0, 0.05) is 17.5 Å². The number of fused-ring (bicyclic) bond motifs is 1. The van der Waals surface area contributed by atoms with E-state index in [1.165, 1.54) is 0 Å². The summed E-state index contributed by atoms with van der Waals surface area (Å²) in [5, 5.41) is 0.851. The Morgan fingerprint density at radius 2 is 2.07 bits per heavy atom.